The Balaban J connectivity index is 2.01. The Kier molecular flexibility index (Phi) is 3.89. The van der Waals surface area contributed by atoms with Crippen LogP contribution in [0.3, 0.4) is 0 Å². The van der Waals surface area contributed by atoms with Crippen LogP contribution in [-0.2, 0) is 0 Å². The standard InChI is InChI=1S/C21H13FN2O2/c22-16-8-6-15(7-9-16)21-13-18(14-4-2-1-3-5-14)19-12-17(24(25)26)10-11-20(19)23-21/h1-13H. The molecule has 0 unspecified atom stereocenters. The van der Waals surface area contributed by atoms with Gasteiger partial charge in [0.25, 0.3) is 5.69 Å². The summed E-state index contributed by atoms with van der Waals surface area (Å²) in [7, 11) is 0. The van der Waals surface area contributed by atoms with Gasteiger partial charge in [-0.15, -0.1) is 0 Å². The predicted octanol–water partition coefficient (Wildman–Crippen LogP) is 5.62. The summed E-state index contributed by atoms with van der Waals surface area (Å²) in [6.07, 6.45) is 0. The summed E-state index contributed by atoms with van der Waals surface area (Å²) in [5.74, 6) is -0.312. The minimum atomic E-state index is -0.415. The Morgan fingerprint density at radius 2 is 1.58 bits per heavy atom. The Morgan fingerprint density at radius 1 is 0.846 bits per heavy atom. The summed E-state index contributed by atoms with van der Waals surface area (Å²) < 4.78 is 13.2. The van der Waals surface area contributed by atoms with Gasteiger partial charge in [-0.05, 0) is 47.5 Å². The molecule has 1 aromatic heterocycles. The van der Waals surface area contributed by atoms with Crippen LogP contribution < -0.4 is 0 Å². The van der Waals surface area contributed by atoms with Crippen LogP contribution in [0.2, 0.25) is 0 Å². The fourth-order valence-corrected chi connectivity index (χ4v) is 2.95. The van der Waals surface area contributed by atoms with Crippen molar-refractivity contribution in [3.63, 3.8) is 0 Å². The average Bonchev–Trinajstić information content (AvgIpc) is 2.68. The normalized spacial score (nSPS) is 10.8. The molecule has 4 nitrogen and oxygen atoms in total. The second kappa shape index (κ2) is 6.37. The van der Waals surface area contributed by atoms with Gasteiger partial charge in [0.1, 0.15) is 5.82 Å². The van der Waals surface area contributed by atoms with Gasteiger partial charge in [0.05, 0.1) is 16.1 Å². The molecule has 126 valence electrons. The molecule has 4 aromatic rings. The third-order valence-corrected chi connectivity index (χ3v) is 4.23. The van der Waals surface area contributed by atoms with Crippen LogP contribution in [0.15, 0.2) is 78.9 Å². The quantitative estimate of drug-likeness (QED) is 0.358. The van der Waals surface area contributed by atoms with Crippen LogP contribution in [-0.4, -0.2) is 9.91 Å². The Labute approximate surface area is 148 Å². The van der Waals surface area contributed by atoms with Crippen molar-refractivity contribution in [1.82, 2.24) is 4.98 Å². The van der Waals surface area contributed by atoms with Crippen molar-refractivity contribution < 1.29 is 9.31 Å². The smallest absolute Gasteiger partial charge is 0.258 e. The predicted molar refractivity (Wildman–Crippen MR) is 99.2 cm³/mol. The molecule has 0 aliphatic rings. The second-order valence-electron chi connectivity index (χ2n) is 5.89. The van der Waals surface area contributed by atoms with Gasteiger partial charge in [-0.3, -0.25) is 10.1 Å². The third-order valence-electron chi connectivity index (χ3n) is 4.23. The third kappa shape index (κ3) is 2.91. The number of hydrogen-bond donors (Lipinski definition) is 0. The minimum absolute atomic E-state index is 0.0195. The van der Waals surface area contributed by atoms with E-state index in [4.69, 9.17) is 0 Å². The van der Waals surface area contributed by atoms with Crippen molar-refractivity contribution in [3.8, 4) is 22.4 Å². The molecule has 0 atom stereocenters. The molecule has 0 saturated carbocycles. The molecule has 4 rings (SSSR count). The highest BCUT2D eigenvalue weighted by Crippen LogP contribution is 2.33. The van der Waals surface area contributed by atoms with E-state index >= 15 is 0 Å². The van der Waals surface area contributed by atoms with Crippen molar-refractivity contribution in [2.75, 3.05) is 0 Å². The van der Waals surface area contributed by atoms with Crippen LogP contribution in [0.5, 0.6) is 0 Å². The SMILES string of the molecule is O=[N+]([O-])c1ccc2nc(-c3ccc(F)cc3)cc(-c3ccccc3)c2c1. The lowest BCUT2D eigenvalue weighted by molar-refractivity contribution is -0.384. The summed E-state index contributed by atoms with van der Waals surface area (Å²) in [6, 6.07) is 22.3. The Morgan fingerprint density at radius 3 is 2.27 bits per heavy atom. The molecular formula is C21H13FN2O2. The van der Waals surface area contributed by atoms with Crippen LogP contribution in [0, 0.1) is 15.9 Å². The molecule has 0 amide bonds. The van der Waals surface area contributed by atoms with Gasteiger partial charge < -0.3 is 0 Å². The van der Waals surface area contributed by atoms with Crippen LogP contribution in [0.25, 0.3) is 33.3 Å². The molecule has 5 heteroatoms. The Bertz CT molecular complexity index is 1110. The van der Waals surface area contributed by atoms with Crippen molar-refractivity contribution in [3.05, 3.63) is 94.8 Å². The van der Waals surface area contributed by atoms with Gasteiger partial charge in [0, 0.05) is 23.1 Å². The average molecular weight is 344 g/mol. The lowest BCUT2D eigenvalue weighted by Crippen LogP contribution is -1.93. The molecule has 0 aliphatic heterocycles. The number of hydrogen-bond acceptors (Lipinski definition) is 3. The van der Waals surface area contributed by atoms with Crippen molar-refractivity contribution >= 4 is 16.6 Å². The van der Waals surface area contributed by atoms with E-state index in [1.165, 1.54) is 18.2 Å². The molecule has 0 N–H and O–H groups in total. The molecule has 0 radical (unpaired) electrons. The monoisotopic (exact) mass is 344 g/mol. The molecule has 3 aromatic carbocycles. The first kappa shape index (κ1) is 15.9. The van der Waals surface area contributed by atoms with Crippen LogP contribution in [0.1, 0.15) is 0 Å². The second-order valence-corrected chi connectivity index (χ2v) is 5.89. The maximum absolute atomic E-state index is 13.2. The summed E-state index contributed by atoms with van der Waals surface area (Å²) >= 11 is 0. The molecule has 0 spiro atoms. The lowest BCUT2D eigenvalue weighted by atomic mass is 9.98. The first-order valence-corrected chi connectivity index (χ1v) is 8.02. The highest BCUT2D eigenvalue weighted by Gasteiger charge is 2.13. The zero-order chi connectivity index (χ0) is 18.1. The molecule has 0 aliphatic carbocycles. The number of benzene rings is 3. The topological polar surface area (TPSA) is 56.0 Å². The number of halogens is 1. The van der Waals surface area contributed by atoms with Gasteiger partial charge >= 0.3 is 0 Å². The molecule has 0 bridgehead atoms. The number of rotatable bonds is 3. The zero-order valence-corrected chi connectivity index (χ0v) is 13.6. The van der Waals surface area contributed by atoms with E-state index in [2.05, 4.69) is 4.98 Å². The first-order chi connectivity index (χ1) is 12.6. The molecule has 26 heavy (non-hydrogen) atoms. The fourth-order valence-electron chi connectivity index (χ4n) is 2.95. The molecular weight excluding hydrogens is 331 g/mol. The first-order valence-electron chi connectivity index (χ1n) is 8.02. The number of nitro groups is 1. The van der Waals surface area contributed by atoms with E-state index in [0.29, 0.717) is 16.6 Å². The largest absolute Gasteiger partial charge is 0.270 e. The van der Waals surface area contributed by atoms with Gasteiger partial charge in [0.2, 0.25) is 0 Å². The van der Waals surface area contributed by atoms with E-state index in [-0.39, 0.29) is 11.5 Å². The van der Waals surface area contributed by atoms with Crippen LogP contribution in [0.4, 0.5) is 10.1 Å². The van der Waals surface area contributed by atoms with Gasteiger partial charge in [0.15, 0.2) is 0 Å². The maximum atomic E-state index is 13.2. The van der Waals surface area contributed by atoms with Crippen molar-refractivity contribution in [2.24, 2.45) is 0 Å². The van der Waals surface area contributed by atoms with Crippen molar-refractivity contribution in [2.45, 2.75) is 0 Å². The fraction of sp³-hybridized carbons (Fsp3) is 0. The van der Waals surface area contributed by atoms with Gasteiger partial charge in [-0.1, -0.05) is 30.3 Å². The summed E-state index contributed by atoms with van der Waals surface area (Å²) in [4.78, 5) is 15.4. The molecule has 0 saturated heterocycles. The number of nitro benzene ring substituents is 1. The highest BCUT2D eigenvalue weighted by molar-refractivity contribution is 5.97. The Hall–Kier alpha value is -3.60. The number of nitrogens with zero attached hydrogens (tertiary/aromatic N) is 2. The van der Waals surface area contributed by atoms with Gasteiger partial charge in [-0.2, -0.15) is 0 Å². The summed E-state index contributed by atoms with van der Waals surface area (Å²) in [6.45, 7) is 0. The van der Waals surface area contributed by atoms with E-state index in [0.717, 1.165) is 16.7 Å². The molecule has 1 heterocycles. The van der Waals surface area contributed by atoms with Gasteiger partial charge in [-0.25, -0.2) is 9.37 Å². The number of non-ortho nitro benzene ring substituents is 1. The highest BCUT2D eigenvalue weighted by atomic mass is 19.1. The molecule has 0 fully saturated rings. The van der Waals surface area contributed by atoms with E-state index in [9.17, 15) is 14.5 Å². The number of aromatic nitrogens is 1. The van der Waals surface area contributed by atoms with Crippen molar-refractivity contribution in [1.29, 1.82) is 0 Å². The summed E-state index contributed by atoms with van der Waals surface area (Å²) in [5, 5.41) is 11.9. The van der Waals surface area contributed by atoms with E-state index in [1.807, 2.05) is 36.4 Å². The van der Waals surface area contributed by atoms with E-state index in [1.54, 1.807) is 24.3 Å². The minimum Gasteiger partial charge on any atom is -0.258 e. The lowest BCUT2D eigenvalue weighted by Gasteiger charge is -2.10. The summed E-state index contributed by atoms with van der Waals surface area (Å²) in [5.41, 5.74) is 3.92. The maximum Gasteiger partial charge on any atom is 0.270 e. The number of fused-ring (bicyclic) bond motifs is 1. The zero-order valence-electron chi connectivity index (χ0n) is 13.6. The number of pyridine rings is 1. The van der Waals surface area contributed by atoms with E-state index < -0.39 is 4.92 Å². The van der Waals surface area contributed by atoms with Crippen LogP contribution >= 0.6 is 0 Å².